The Morgan fingerprint density at radius 3 is 2.65 bits per heavy atom. The minimum atomic E-state index is -0.290. The van der Waals surface area contributed by atoms with E-state index < -0.39 is 0 Å². The predicted octanol–water partition coefficient (Wildman–Crippen LogP) is 1.52. The van der Waals surface area contributed by atoms with Crippen molar-refractivity contribution in [2.45, 2.75) is 18.9 Å². The van der Waals surface area contributed by atoms with Crippen LogP contribution >= 0.6 is 11.6 Å². The van der Waals surface area contributed by atoms with Crippen molar-refractivity contribution in [1.29, 1.82) is 0 Å². The van der Waals surface area contributed by atoms with Crippen molar-refractivity contribution in [2.75, 3.05) is 18.8 Å². The van der Waals surface area contributed by atoms with Gasteiger partial charge in [0.05, 0.1) is 11.7 Å². The van der Waals surface area contributed by atoms with Crippen LogP contribution in [0, 0.1) is 0 Å². The molecule has 0 bridgehead atoms. The number of likely N-dealkylation sites (tertiary alicyclic amines) is 1. The summed E-state index contributed by atoms with van der Waals surface area (Å²) in [6.07, 6.45) is 0.958. The summed E-state index contributed by atoms with van der Waals surface area (Å²) in [6.45, 7) is 1.14. The molecule has 0 atom stereocenters. The number of anilines is 1. The van der Waals surface area contributed by atoms with Crippen LogP contribution in [0.2, 0.25) is 5.02 Å². The van der Waals surface area contributed by atoms with Gasteiger partial charge in [0.15, 0.2) is 0 Å². The molecule has 0 saturated carbocycles. The van der Waals surface area contributed by atoms with Crippen LogP contribution in [0.25, 0.3) is 0 Å². The highest BCUT2D eigenvalue weighted by Crippen LogP contribution is 2.21. The number of hydrogen-bond donors (Lipinski definition) is 2. The first kappa shape index (κ1) is 12.2. The van der Waals surface area contributed by atoms with E-state index >= 15 is 0 Å². The molecule has 1 aliphatic rings. The Kier molecular flexibility index (Phi) is 3.54. The third kappa shape index (κ3) is 2.70. The number of benzene rings is 1. The van der Waals surface area contributed by atoms with Gasteiger partial charge in [0.1, 0.15) is 0 Å². The van der Waals surface area contributed by atoms with Crippen molar-refractivity contribution in [2.24, 2.45) is 0 Å². The molecule has 1 heterocycles. The maximum Gasteiger partial charge on any atom is 0.255 e. The molecule has 3 N–H and O–H groups in total. The number of aliphatic hydroxyl groups excluding tert-OH is 1. The third-order valence-electron chi connectivity index (χ3n) is 3.00. The number of nitrogens with two attached hydrogens (primary N) is 1. The molecule has 1 aromatic carbocycles. The first-order chi connectivity index (χ1) is 8.08. The lowest BCUT2D eigenvalue weighted by Gasteiger charge is -2.30. The molecule has 0 radical (unpaired) electrons. The third-order valence-corrected chi connectivity index (χ3v) is 3.23. The fraction of sp³-hybridized carbons (Fsp3) is 0.417. The van der Waals surface area contributed by atoms with Crippen molar-refractivity contribution in [1.82, 2.24) is 4.90 Å². The van der Waals surface area contributed by atoms with Gasteiger partial charge in [-0.15, -0.1) is 0 Å². The quantitative estimate of drug-likeness (QED) is 0.747. The summed E-state index contributed by atoms with van der Waals surface area (Å²) in [6, 6.07) is 4.88. The number of aliphatic hydroxyl groups is 1. The van der Waals surface area contributed by atoms with Crippen LogP contribution in [0.5, 0.6) is 0 Å². The number of rotatable bonds is 1. The van der Waals surface area contributed by atoms with Crippen LogP contribution in [0.4, 0.5) is 5.69 Å². The Morgan fingerprint density at radius 1 is 1.41 bits per heavy atom. The van der Waals surface area contributed by atoms with E-state index in [1.54, 1.807) is 23.1 Å². The molecule has 92 valence electrons. The Bertz CT molecular complexity index is 429. The number of hydrogen-bond acceptors (Lipinski definition) is 3. The van der Waals surface area contributed by atoms with Crippen molar-refractivity contribution in [3.63, 3.8) is 0 Å². The van der Waals surface area contributed by atoms with Gasteiger partial charge < -0.3 is 15.7 Å². The van der Waals surface area contributed by atoms with E-state index in [4.69, 9.17) is 17.3 Å². The van der Waals surface area contributed by atoms with Gasteiger partial charge in [-0.1, -0.05) is 11.6 Å². The van der Waals surface area contributed by atoms with E-state index in [-0.39, 0.29) is 12.0 Å². The number of halogens is 1. The van der Waals surface area contributed by atoms with Gasteiger partial charge in [0.25, 0.3) is 5.91 Å². The van der Waals surface area contributed by atoms with E-state index in [0.717, 1.165) is 0 Å². The standard InChI is InChI=1S/C12H15ClN2O2/c13-8-1-2-10(11(14)7-8)12(17)15-5-3-9(16)4-6-15/h1-2,7,9,16H,3-6,14H2. The first-order valence-electron chi connectivity index (χ1n) is 5.60. The van der Waals surface area contributed by atoms with Crippen LogP contribution in [-0.4, -0.2) is 35.1 Å². The molecule has 5 heteroatoms. The number of nitrogen functional groups attached to an aromatic ring is 1. The normalized spacial score (nSPS) is 17.2. The maximum atomic E-state index is 12.2. The van der Waals surface area contributed by atoms with Crippen LogP contribution < -0.4 is 5.73 Å². The molecular formula is C12H15ClN2O2. The van der Waals surface area contributed by atoms with Crippen molar-refractivity contribution in [3.8, 4) is 0 Å². The van der Waals surface area contributed by atoms with Gasteiger partial charge >= 0.3 is 0 Å². The monoisotopic (exact) mass is 254 g/mol. The molecule has 0 unspecified atom stereocenters. The molecule has 1 saturated heterocycles. The van der Waals surface area contributed by atoms with Crippen molar-refractivity contribution in [3.05, 3.63) is 28.8 Å². The van der Waals surface area contributed by atoms with Gasteiger partial charge in [-0.05, 0) is 31.0 Å². The van der Waals surface area contributed by atoms with E-state index in [1.807, 2.05) is 0 Å². The summed E-state index contributed by atoms with van der Waals surface area (Å²) in [5.74, 6) is -0.0916. The lowest BCUT2D eigenvalue weighted by molar-refractivity contribution is 0.0547. The van der Waals surface area contributed by atoms with Crippen LogP contribution in [0.3, 0.4) is 0 Å². The lowest BCUT2D eigenvalue weighted by atomic mass is 10.1. The Balaban J connectivity index is 2.14. The fourth-order valence-electron chi connectivity index (χ4n) is 1.97. The fourth-order valence-corrected chi connectivity index (χ4v) is 2.15. The number of nitrogens with zero attached hydrogens (tertiary/aromatic N) is 1. The molecule has 0 spiro atoms. The summed E-state index contributed by atoms with van der Waals surface area (Å²) < 4.78 is 0. The van der Waals surface area contributed by atoms with Crippen LogP contribution in [-0.2, 0) is 0 Å². The summed E-state index contributed by atoms with van der Waals surface area (Å²) in [5, 5.41) is 9.91. The Labute approximate surface area is 105 Å². The summed E-state index contributed by atoms with van der Waals surface area (Å²) in [4.78, 5) is 13.9. The molecule has 1 aliphatic heterocycles. The second-order valence-electron chi connectivity index (χ2n) is 4.25. The number of piperidine rings is 1. The predicted molar refractivity (Wildman–Crippen MR) is 67.0 cm³/mol. The topological polar surface area (TPSA) is 66.6 Å². The molecule has 1 aromatic rings. The van der Waals surface area contributed by atoms with Gasteiger partial charge in [-0.2, -0.15) is 0 Å². The summed E-state index contributed by atoms with van der Waals surface area (Å²) in [7, 11) is 0. The zero-order valence-electron chi connectivity index (χ0n) is 9.40. The highest BCUT2D eigenvalue weighted by Gasteiger charge is 2.23. The average molecular weight is 255 g/mol. The van der Waals surface area contributed by atoms with Crippen molar-refractivity contribution < 1.29 is 9.90 Å². The average Bonchev–Trinajstić information content (AvgIpc) is 2.29. The second kappa shape index (κ2) is 4.94. The minimum Gasteiger partial charge on any atom is -0.398 e. The molecule has 2 rings (SSSR count). The number of amides is 1. The number of carbonyl (C=O) groups excluding carboxylic acids is 1. The largest absolute Gasteiger partial charge is 0.398 e. The highest BCUT2D eigenvalue weighted by atomic mass is 35.5. The molecule has 1 amide bonds. The maximum absolute atomic E-state index is 12.2. The summed E-state index contributed by atoms with van der Waals surface area (Å²) >= 11 is 5.79. The molecule has 4 nitrogen and oxygen atoms in total. The van der Waals surface area contributed by atoms with Gasteiger partial charge in [-0.3, -0.25) is 4.79 Å². The smallest absolute Gasteiger partial charge is 0.255 e. The Hall–Kier alpha value is -1.26. The number of carbonyl (C=O) groups is 1. The zero-order chi connectivity index (χ0) is 12.4. The van der Waals surface area contributed by atoms with Gasteiger partial charge in [-0.25, -0.2) is 0 Å². The van der Waals surface area contributed by atoms with Gasteiger partial charge in [0.2, 0.25) is 0 Å². The molecular weight excluding hydrogens is 240 g/mol. The SMILES string of the molecule is Nc1cc(Cl)ccc1C(=O)N1CCC(O)CC1. The molecule has 1 fully saturated rings. The van der Waals surface area contributed by atoms with Gasteiger partial charge in [0, 0.05) is 23.8 Å². The van der Waals surface area contributed by atoms with E-state index in [9.17, 15) is 9.90 Å². The molecule has 17 heavy (non-hydrogen) atoms. The molecule has 0 aromatic heterocycles. The minimum absolute atomic E-state index is 0.0916. The summed E-state index contributed by atoms with van der Waals surface area (Å²) in [5.41, 5.74) is 6.65. The molecule has 0 aliphatic carbocycles. The lowest BCUT2D eigenvalue weighted by Crippen LogP contribution is -2.40. The van der Waals surface area contributed by atoms with Crippen LogP contribution in [0.15, 0.2) is 18.2 Å². The Morgan fingerprint density at radius 2 is 2.06 bits per heavy atom. The van der Waals surface area contributed by atoms with Crippen LogP contribution in [0.1, 0.15) is 23.2 Å². The second-order valence-corrected chi connectivity index (χ2v) is 4.69. The van der Waals surface area contributed by atoms with E-state index in [1.165, 1.54) is 0 Å². The van der Waals surface area contributed by atoms with E-state index in [2.05, 4.69) is 0 Å². The highest BCUT2D eigenvalue weighted by molar-refractivity contribution is 6.31. The zero-order valence-corrected chi connectivity index (χ0v) is 10.2. The first-order valence-corrected chi connectivity index (χ1v) is 5.98. The van der Waals surface area contributed by atoms with Crippen molar-refractivity contribution >= 4 is 23.2 Å². The van der Waals surface area contributed by atoms with E-state index in [0.29, 0.717) is 42.2 Å².